The molecule has 5 heteroatoms. The fourth-order valence-electron chi connectivity index (χ4n) is 1.34. The van der Waals surface area contributed by atoms with Crippen LogP contribution in [0, 0.1) is 13.8 Å². The number of hydrazine groups is 1. The average Bonchev–Trinajstić information content (AvgIpc) is 2.53. The maximum atomic E-state index is 11.7. The van der Waals surface area contributed by atoms with Gasteiger partial charge < -0.3 is 4.42 Å². The maximum absolute atomic E-state index is 11.7. The van der Waals surface area contributed by atoms with Crippen molar-refractivity contribution in [2.45, 2.75) is 27.7 Å². The first kappa shape index (κ1) is 13.0. The highest BCUT2D eigenvalue weighted by molar-refractivity contribution is 5.97. The zero-order chi connectivity index (χ0) is 13.0. The van der Waals surface area contributed by atoms with Gasteiger partial charge in [-0.2, -0.15) is 0 Å². The lowest BCUT2D eigenvalue weighted by Gasteiger charge is -2.04. The van der Waals surface area contributed by atoms with Crippen LogP contribution in [-0.2, 0) is 4.79 Å². The second-order valence-electron chi connectivity index (χ2n) is 3.99. The highest BCUT2D eigenvalue weighted by Crippen LogP contribution is 2.12. The number of aryl methyl sites for hydroxylation is 2. The molecular weight excluding hydrogens is 220 g/mol. The predicted octanol–water partition coefficient (Wildman–Crippen LogP) is 1.62. The Balaban J connectivity index is 2.59. The number of carbonyl (C=O) groups excluding carboxylic acids is 2. The molecule has 5 nitrogen and oxygen atoms in total. The summed E-state index contributed by atoms with van der Waals surface area (Å²) in [5.74, 6) is 0.422. The Morgan fingerprint density at radius 1 is 1.24 bits per heavy atom. The maximum Gasteiger partial charge on any atom is 0.273 e. The molecule has 0 saturated carbocycles. The van der Waals surface area contributed by atoms with Gasteiger partial charge in [-0.25, -0.2) is 0 Å². The van der Waals surface area contributed by atoms with Crippen molar-refractivity contribution in [1.29, 1.82) is 0 Å². The highest BCUT2D eigenvalue weighted by Gasteiger charge is 2.13. The smallest absolute Gasteiger partial charge is 0.273 e. The lowest BCUT2D eigenvalue weighted by molar-refractivity contribution is -0.117. The zero-order valence-electron chi connectivity index (χ0n) is 10.4. The minimum absolute atomic E-state index is 0.365. The first-order chi connectivity index (χ1) is 7.90. The van der Waals surface area contributed by atoms with Crippen LogP contribution in [0.2, 0.25) is 0 Å². The van der Waals surface area contributed by atoms with Crippen molar-refractivity contribution >= 4 is 11.8 Å². The molecule has 1 rings (SSSR count). The number of hydrogen-bond donors (Lipinski definition) is 2. The van der Waals surface area contributed by atoms with E-state index in [1.807, 2.05) is 0 Å². The molecule has 1 aromatic rings. The topological polar surface area (TPSA) is 71.3 Å². The molecule has 1 heterocycles. The van der Waals surface area contributed by atoms with E-state index in [0.29, 0.717) is 17.1 Å². The minimum Gasteiger partial charge on any atom is -0.466 e. The Hall–Kier alpha value is -2.04. The molecule has 0 unspecified atom stereocenters. The second kappa shape index (κ2) is 5.34. The Labute approximate surface area is 99.8 Å². The molecule has 2 amide bonds. The van der Waals surface area contributed by atoms with E-state index in [1.54, 1.807) is 33.8 Å². The fraction of sp³-hybridized carbons (Fsp3) is 0.333. The molecule has 92 valence electrons. The Morgan fingerprint density at radius 2 is 1.88 bits per heavy atom. The lowest BCUT2D eigenvalue weighted by Crippen LogP contribution is -2.40. The van der Waals surface area contributed by atoms with Crippen LogP contribution in [0.4, 0.5) is 0 Å². The van der Waals surface area contributed by atoms with Gasteiger partial charge in [0.05, 0.1) is 5.56 Å². The molecule has 1 aromatic heterocycles. The van der Waals surface area contributed by atoms with Gasteiger partial charge in [-0.15, -0.1) is 0 Å². The van der Waals surface area contributed by atoms with Crippen molar-refractivity contribution in [3.63, 3.8) is 0 Å². The number of carbonyl (C=O) groups is 2. The van der Waals surface area contributed by atoms with Gasteiger partial charge >= 0.3 is 0 Å². The van der Waals surface area contributed by atoms with Gasteiger partial charge in [-0.05, 0) is 33.8 Å². The van der Waals surface area contributed by atoms with Crippen LogP contribution in [0.15, 0.2) is 22.1 Å². The minimum atomic E-state index is -0.394. The third kappa shape index (κ3) is 3.79. The lowest BCUT2D eigenvalue weighted by atomic mass is 10.2. The van der Waals surface area contributed by atoms with Crippen LogP contribution in [-0.4, -0.2) is 11.8 Å². The standard InChI is InChI=1S/C12H16N2O3/c1-7(2)5-11(15)13-14-12(16)10-6-8(3)17-9(10)4/h5-6H,1-4H3,(H,13,15)(H,14,16). The molecule has 0 fully saturated rings. The van der Waals surface area contributed by atoms with E-state index in [4.69, 9.17) is 4.42 Å². The van der Waals surface area contributed by atoms with E-state index < -0.39 is 5.91 Å². The van der Waals surface area contributed by atoms with Crippen molar-refractivity contribution in [2.75, 3.05) is 0 Å². The molecule has 2 N–H and O–H groups in total. The van der Waals surface area contributed by atoms with E-state index in [0.717, 1.165) is 5.57 Å². The molecular formula is C12H16N2O3. The van der Waals surface area contributed by atoms with Crippen molar-refractivity contribution in [1.82, 2.24) is 10.9 Å². The van der Waals surface area contributed by atoms with E-state index >= 15 is 0 Å². The van der Waals surface area contributed by atoms with E-state index in [2.05, 4.69) is 10.9 Å². The molecule has 0 atom stereocenters. The van der Waals surface area contributed by atoms with Gasteiger partial charge in [-0.1, -0.05) is 5.57 Å². The van der Waals surface area contributed by atoms with Gasteiger partial charge in [0, 0.05) is 6.08 Å². The van der Waals surface area contributed by atoms with E-state index in [9.17, 15) is 9.59 Å². The summed E-state index contributed by atoms with van der Waals surface area (Å²) in [5, 5.41) is 0. The predicted molar refractivity (Wildman–Crippen MR) is 63.2 cm³/mol. The summed E-state index contributed by atoms with van der Waals surface area (Å²) in [4.78, 5) is 22.9. The molecule has 0 aromatic carbocycles. The number of furan rings is 1. The fourth-order valence-corrected chi connectivity index (χ4v) is 1.34. The SMILES string of the molecule is CC(C)=CC(=O)NNC(=O)c1cc(C)oc1C. The van der Waals surface area contributed by atoms with Crippen molar-refractivity contribution in [2.24, 2.45) is 0 Å². The first-order valence-corrected chi connectivity index (χ1v) is 5.22. The van der Waals surface area contributed by atoms with Crippen LogP contribution >= 0.6 is 0 Å². The number of hydrogen-bond acceptors (Lipinski definition) is 3. The molecule has 0 bridgehead atoms. The monoisotopic (exact) mass is 236 g/mol. The van der Waals surface area contributed by atoms with Gasteiger partial charge in [-0.3, -0.25) is 20.4 Å². The van der Waals surface area contributed by atoms with Crippen LogP contribution in [0.25, 0.3) is 0 Å². The largest absolute Gasteiger partial charge is 0.466 e. The molecule has 0 spiro atoms. The first-order valence-electron chi connectivity index (χ1n) is 5.22. The third-order valence-corrected chi connectivity index (χ3v) is 2.00. The van der Waals surface area contributed by atoms with Gasteiger partial charge in [0.25, 0.3) is 11.8 Å². The van der Waals surface area contributed by atoms with Crippen molar-refractivity contribution in [3.8, 4) is 0 Å². The second-order valence-corrected chi connectivity index (χ2v) is 3.99. The summed E-state index contributed by atoms with van der Waals surface area (Å²) in [6.45, 7) is 7.04. The highest BCUT2D eigenvalue weighted by atomic mass is 16.3. The molecule has 0 aliphatic heterocycles. The number of rotatable bonds is 2. The van der Waals surface area contributed by atoms with Gasteiger partial charge in [0.2, 0.25) is 0 Å². The number of allylic oxidation sites excluding steroid dienone is 1. The zero-order valence-corrected chi connectivity index (χ0v) is 10.4. The Morgan fingerprint density at radius 3 is 2.35 bits per heavy atom. The molecule has 0 saturated heterocycles. The number of nitrogens with one attached hydrogen (secondary N) is 2. The Kier molecular flexibility index (Phi) is 4.09. The van der Waals surface area contributed by atoms with Crippen LogP contribution < -0.4 is 10.9 Å². The molecule has 17 heavy (non-hydrogen) atoms. The van der Waals surface area contributed by atoms with Crippen LogP contribution in [0.3, 0.4) is 0 Å². The van der Waals surface area contributed by atoms with Crippen LogP contribution in [0.1, 0.15) is 35.7 Å². The summed E-state index contributed by atoms with van der Waals surface area (Å²) in [6, 6.07) is 1.62. The average molecular weight is 236 g/mol. The van der Waals surface area contributed by atoms with Crippen molar-refractivity contribution in [3.05, 3.63) is 34.8 Å². The van der Waals surface area contributed by atoms with E-state index in [-0.39, 0.29) is 5.91 Å². The summed E-state index contributed by atoms with van der Waals surface area (Å²) in [7, 11) is 0. The summed E-state index contributed by atoms with van der Waals surface area (Å²) >= 11 is 0. The molecule has 0 aliphatic rings. The molecule has 0 radical (unpaired) electrons. The Bertz CT molecular complexity index is 468. The van der Waals surface area contributed by atoms with Gasteiger partial charge in [0.15, 0.2) is 0 Å². The van der Waals surface area contributed by atoms with E-state index in [1.165, 1.54) is 6.08 Å². The molecule has 0 aliphatic carbocycles. The van der Waals surface area contributed by atoms with Crippen LogP contribution in [0.5, 0.6) is 0 Å². The summed E-state index contributed by atoms with van der Waals surface area (Å²) in [6.07, 6.45) is 1.40. The van der Waals surface area contributed by atoms with Gasteiger partial charge in [0.1, 0.15) is 11.5 Å². The summed E-state index contributed by atoms with van der Waals surface area (Å²) in [5.41, 5.74) is 5.88. The third-order valence-electron chi connectivity index (χ3n) is 2.00. The quantitative estimate of drug-likeness (QED) is 0.605. The number of amides is 2. The summed E-state index contributed by atoms with van der Waals surface area (Å²) < 4.78 is 5.22. The normalized spacial score (nSPS) is 9.65. The van der Waals surface area contributed by atoms with Crippen molar-refractivity contribution < 1.29 is 14.0 Å².